The Balaban J connectivity index is 2.83. The van der Waals surface area contributed by atoms with Gasteiger partial charge >= 0.3 is 0 Å². The number of hydrogen-bond acceptors (Lipinski definition) is 4. The Labute approximate surface area is 99.3 Å². The molecule has 0 aliphatic rings. The van der Waals surface area contributed by atoms with Crippen LogP contribution in [-0.4, -0.2) is 28.7 Å². The Morgan fingerprint density at radius 1 is 1.53 bits per heavy atom. The molecule has 0 aromatic heterocycles. The fraction of sp³-hybridized carbons (Fsp3) is 0.417. The van der Waals surface area contributed by atoms with Crippen molar-refractivity contribution in [2.45, 2.75) is 26.4 Å². The molecule has 1 aromatic carbocycles. The lowest BCUT2D eigenvalue weighted by atomic mass is 10.1. The number of oxime groups is 1. The van der Waals surface area contributed by atoms with Gasteiger partial charge in [-0.15, -0.1) is 0 Å². The maximum atomic E-state index is 13.1. The van der Waals surface area contributed by atoms with Crippen LogP contribution in [0, 0.1) is 5.82 Å². The lowest BCUT2D eigenvalue weighted by Gasteiger charge is -2.11. The third-order valence-electron chi connectivity index (χ3n) is 2.27. The zero-order chi connectivity index (χ0) is 12.8. The predicted molar refractivity (Wildman–Crippen MR) is 62.2 cm³/mol. The highest BCUT2D eigenvalue weighted by Crippen LogP contribution is 2.21. The van der Waals surface area contributed by atoms with Gasteiger partial charge in [-0.2, -0.15) is 0 Å². The zero-order valence-electron chi connectivity index (χ0n) is 9.85. The number of benzene rings is 1. The van der Waals surface area contributed by atoms with Crippen molar-refractivity contribution < 1.29 is 19.4 Å². The minimum Gasteiger partial charge on any atom is -0.493 e. The molecule has 0 radical (unpaired) electrons. The van der Waals surface area contributed by atoms with Gasteiger partial charge in [0.1, 0.15) is 11.6 Å². The van der Waals surface area contributed by atoms with Crippen LogP contribution in [0.15, 0.2) is 23.4 Å². The maximum Gasteiger partial charge on any atom is 0.128 e. The van der Waals surface area contributed by atoms with Gasteiger partial charge in [0.15, 0.2) is 0 Å². The molecule has 0 spiro atoms. The van der Waals surface area contributed by atoms with Crippen LogP contribution < -0.4 is 4.74 Å². The summed E-state index contributed by atoms with van der Waals surface area (Å²) in [6, 6.07) is 3.99. The first-order valence-electron chi connectivity index (χ1n) is 5.34. The van der Waals surface area contributed by atoms with E-state index >= 15 is 0 Å². The standard InChI is InChI=1S/C12H16FNO3/c1-8(15)5-6-17-12-4-3-10(13)7-11(12)9(2)14-16/h3-4,7-8,15-16H,5-6H2,1-2H3/b14-9+. The summed E-state index contributed by atoms with van der Waals surface area (Å²) in [7, 11) is 0. The number of rotatable bonds is 5. The summed E-state index contributed by atoms with van der Waals surface area (Å²) >= 11 is 0. The van der Waals surface area contributed by atoms with Gasteiger partial charge in [-0.25, -0.2) is 4.39 Å². The molecule has 2 N–H and O–H groups in total. The van der Waals surface area contributed by atoms with Crippen molar-refractivity contribution in [2.75, 3.05) is 6.61 Å². The third-order valence-corrected chi connectivity index (χ3v) is 2.27. The van der Waals surface area contributed by atoms with Crippen molar-refractivity contribution >= 4 is 5.71 Å². The van der Waals surface area contributed by atoms with Gasteiger partial charge < -0.3 is 15.1 Å². The molecule has 1 rings (SSSR count). The van der Waals surface area contributed by atoms with Crippen LogP contribution in [0.2, 0.25) is 0 Å². The van der Waals surface area contributed by atoms with Gasteiger partial charge in [0.05, 0.1) is 18.4 Å². The van der Waals surface area contributed by atoms with Gasteiger partial charge in [0, 0.05) is 12.0 Å². The number of nitrogens with zero attached hydrogens (tertiary/aromatic N) is 1. The highest BCUT2D eigenvalue weighted by atomic mass is 19.1. The summed E-state index contributed by atoms with van der Waals surface area (Å²) in [6.45, 7) is 3.53. The molecule has 0 heterocycles. The Hall–Kier alpha value is -1.62. The van der Waals surface area contributed by atoms with E-state index in [-0.39, 0.29) is 5.71 Å². The minimum absolute atomic E-state index is 0.275. The largest absolute Gasteiger partial charge is 0.493 e. The van der Waals surface area contributed by atoms with E-state index in [4.69, 9.17) is 15.1 Å². The van der Waals surface area contributed by atoms with Crippen LogP contribution >= 0.6 is 0 Å². The van der Waals surface area contributed by atoms with Gasteiger partial charge in [-0.05, 0) is 32.0 Å². The normalized spacial score (nSPS) is 13.5. The van der Waals surface area contributed by atoms with E-state index in [0.29, 0.717) is 24.3 Å². The van der Waals surface area contributed by atoms with Crippen molar-refractivity contribution in [3.05, 3.63) is 29.6 Å². The number of halogens is 1. The number of aliphatic hydroxyl groups is 1. The molecule has 1 atom stereocenters. The number of aliphatic hydroxyl groups excluding tert-OH is 1. The summed E-state index contributed by atoms with van der Waals surface area (Å²) < 4.78 is 18.5. The van der Waals surface area contributed by atoms with E-state index in [9.17, 15) is 4.39 Å². The molecule has 0 aliphatic heterocycles. The highest BCUT2D eigenvalue weighted by molar-refractivity contribution is 6.00. The first kappa shape index (κ1) is 13.4. The molecule has 4 nitrogen and oxygen atoms in total. The van der Waals surface area contributed by atoms with Crippen molar-refractivity contribution in [3.63, 3.8) is 0 Å². The molecule has 0 aliphatic carbocycles. The molecule has 1 unspecified atom stereocenters. The zero-order valence-corrected chi connectivity index (χ0v) is 9.85. The van der Waals surface area contributed by atoms with Gasteiger partial charge in [-0.1, -0.05) is 5.16 Å². The lowest BCUT2D eigenvalue weighted by Crippen LogP contribution is -2.09. The monoisotopic (exact) mass is 241 g/mol. The Bertz CT molecular complexity index is 405. The highest BCUT2D eigenvalue weighted by Gasteiger charge is 2.09. The summed E-state index contributed by atoms with van der Waals surface area (Å²) in [4.78, 5) is 0. The van der Waals surface area contributed by atoms with Crippen LogP contribution in [-0.2, 0) is 0 Å². The van der Waals surface area contributed by atoms with Crippen molar-refractivity contribution in [2.24, 2.45) is 5.16 Å². The molecule has 0 fully saturated rings. The Kier molecular flexibility index (Phi) is 4.90. The fourth-order valence-corrected chi connectivity index (χ4v) is 1.30. The van der Waals surface area contributed by atoms with E-state index in [2.05, 4.69) is 5.16 Å². The van der Waals surface area contributed by atoms with E-state index in [1.54, 1.807) is 13.8 Å². The second kappa shape index (κ2) is 6.20. The summed E-state index contributed by atoms with van der Waals surface area (Å²) in [5.74, 6) is 0.00762. The third kappa shape index (κ3) is 4.03. The summed E-state index contributed by atoms with van der Waals surface area (Å²) in [5.41, 5.74) is 0.676. The van der Waals surface area contributed by atoms with Crippen LogP contribution in [0.25, 0.3) is 0 Å². The van der Waals surface area contributed by atoms with Gasteiger partial charge in [0.2, 0.25) is 0 Å². The molecule has 0 amide bonds. The molecule has 0 saturated carbocycles. The smallest absolute Gasteiger partial charge is 0.128 e. The lowest BCUT2D eigenvalue weighted by molar-refractivity contribution is 0.155. The molecule has 17 heavy (non-hydrogen) atoms. The van der Waals surface area contributed by atoms with E-state index in [1.807, 2.05) is 0 Å². The first-order chi connectivity index (χ1) is 8.04. The van der Waals surface area contributed by atoms with E-state index in [1.165, 1.54) is 18.2 Å². The number of ether oxygens (including phenoxy) is 1. The van der Waals surface area contributed by atoms with Crippen LogP contribution in [0.1, 0.15) is 25.8 Å². The molecular weight excluding hydrogens is 225 g/mol. The van der Waals surface area contributed by atoms with Crippen LogP contribution in [0.4, 0.5) is 4.39 Å². The molecule has 5 heteroatoms. The average Bonchev–Trinajstić information content (AvgIpc) is 2.29. The van der Waals surface area contributed by atoms with Crippen molar-refractivity contribution in [1.82, 2.24) is 0 Å². The van der Waals surface area contributed by atoms with E-state index in [0.717, 1.165) is 0 Å². The second-order valence-corrected chi connectivity index (χ2v) is 3.81. The first-order valence-corrected chi connectivity index (χ1v) is 5.34. The molecule has 1 aromatic rings. The maximum absolute atomic E-state index is 13.1. The average molecular weight is 241 g/mol. The van der Waals surface area contributed by atoms with Gasteiger partial charge in [0.25, 0.3) is 0 Å². The Morgan fingerprint density at radius 2 is 2.24 bits per heavy atom. The minimum atomic E-state index is -0.452. The molecule has 0 bridgehead atoms. The quantitative estimate of drug-likeness (QED) is 0.472. The topological polar surface area (TPSA) is 62.1 Å². The predicted octanol–water partition coefficient (Wildman–Crippen LogP) is 2.17. The second-order valence-electron chi connectivity index (χ2n) is 3.81. The summed E-state index contributed by atoms with van der Waals surface area (Å²) in [5, 5.41) is 20.8. The molecule has 0 saturated heterocycles. The number of hydrogen-bond donors (Lipinski definition) is 2. The summed E-state index contributed by atoms with van der Waals surface area (Å²) in [6.07, 6.45) is 0.0260. The van der Waals surface area contributed by atoms with Crippen molar-refractivity contribution in [1.29, 1.82) is 0 Å². The van der Waals surface area contributed by atoms with Crippen LogP contribution in [0.5, 0.6) is 5.75 Å². The van der Waals surface area contributed by atoms with Crippen molar-refractivity contribution in [3.8, 4) is 5.75 Å². The molecular formula is C12H16FNO3. The van der Waals surface area contributed by atoms with Gasteiger partial charge in [-0.3, -0.25) is 0 Å². The SMILES string of the molecule is C/C(=N\O)c1cc(F)ccc1OCCC(C)O. The van der Waals surface area contributed by atoms with Crippen LogP contribution in [0.3, 0.4) is 0 Å². The van der Waals surface area contributed by atoms with E-state index < -0.39 is 11.9 Å². The fourth-order valence-electron chi connectivity index (χ4n) is 1.30. The Morgan fingerprint density at radius 3 is 2.82 bits per heavy atom. The molecule has 94 valence electrons.